The summed E-state index contributed by atoms with van der Waals surface area (Å²) in [6.07, 6.45) is 2.73. The Morgan fingerprint density at radius 2 is 1.79 bits per heavy atom. The molecule has 2 heterocycles. The van der Waals surface area contributed by atoms with Crippen LogP contribution in [0.3, 0.4) is 0 Å². The molecule has 0 amide bonds. The van der Waals surface area contributed by atoms with Gasteiger partial charge in [0.25, 0.3) is 11.2 Å². The van der Waals surface area contributed by atoms with Crippen molar-refractivity contribution < 1.29 is 9.72 Å². The number of thiazole rings is 1. The minimum atomic E-state index is -0.578. The Labute approximate surface area is 203 Å². The minimum absolute atomic E-state index is 0.000372. The minimum Gasteiger partial charge on any atom is -0.294 e. The monoisotopic (exact) mass is 493 g/mol. The number of Topliss-reactive ketones (excluding diaryl/α,β-unsaturated/α-hetero) is 1. The number of nitrogens with zero attached hydrogens (tertiary/aromatic N) is 3. The van der Waals surface area contributed by atoms with Crippen LogP contribution in [0.15, 0.2) is 69.6 Å². The van der Waals surface area contributed by atoms with Gasteiger partial charge in [-0.3, -0.25) is 24.3 Å². The van der Waals surface area contributed by atoms with Gasteiger partial charge >= 0.3 is 0 Å². The summed E-state index contributed by atoms with van der Waals surface area (Å²) in [5.74, 6) is -0.000372. The molecule has 0 fully saturated rings. The number of fused-ring (bicyclic) bond motifs is 1. The largest absolute Gasteiger partial charge is 0.294 e. The lowest BCUT2D eigenvalue weighted by Crippen LogP contribution is -2.42. The number of carbonyl (C=O) groups is 1. The van der Waals surface area contributed by atoms with E-state index in [1.54, 1.807) is 34.9 Å². The van der Waals surface area contributed by atoms with E-state index in [9.17, 15) is 19.7 Å². The Balaban J connectivity index is 1.72. The topological polar surface area (TPSA) is 94.6 Å². The van der Waals surface area contributed by atoms with Gasteiger partial charge in [-0.1, -0.05) is 48.9 Å². The predicted molar refractivity (Wildman–Crippen MR) is 131 cm³/mol. The second-order valence-electron chi connectivity index (χ2n) is 9.28. The summed E-state index contributed by atoms with van der Waals surface area (Å²) in [6.45, 7) is 4.09. The summed E-state index contributed by atoms with van der Waals surface area (Å²) in [5.41, 5.74) is 2.27. The molecule has 172 valence electrons. The van der Waals surface area contributed by atoms with E-state index in [1.165, 1.54) is 23.5 Å². The Morgan fingerprint density at radius 1 is 1.12 bits per heavy atom. The molecule has 2 aliphatic rings. The molecule has 5 rings (SSSR count). The molecule has 34 heavy (non-hydrogen) atoms. The van der Waals surface area contributed by atoms with Crippen molar-refractivity contribution in [3.63, 3.8) is 0 Å². The predicted octanol–water partition coefficient (Wildman–Crippen LogP) is 4.17. The van der Waals surface area contributed by atoms with Crippen LogP contribution in [0.5, 0.6) is 0 Å². The van der Waals surface area contributed by atoms with Crippen LogP contribution in [0, 0.1) is 15.5 Å². The van der Waals surface area contributed by atoms with Crippen LogP contribution in [0.2, 0.25) is 5.02 Å². The van der Waals surface area contributed by atoms with Gasteiger partial charge in [0.05, 0.1) is 21.2 Å². The summed E-state index contributed by atoms with van der Waals surface area (Å²) in [7, 11) is 0. The Morgan fingerprint density at radius 3 is 2.44 bits per heavy atom. The number of nitro groups is 1. The molecule has 0 saturated heterocycles. The number of non-ortho nitro benzene ring substituents is 1. The maximum absolute atomic E-state index is 13.6. The summed E-state index contributed by atoms with van der Waals surface area (Å²) >= 11 is 7.35. The summed E-state index contributed by atoms with van der Waals surface area (Å²) < 4.78 is 2.03. The van der Waals surface area contributed by atoms with Gasteiger partial charge in [0, 0.05) is 29.1 Å². The van der Waals surface area contributed by atoms with Crippen molar-refractivity contribution in [3.05, 3.63) is 106 Å². The Hall–Kier alpha value is -3.36. The first kappa shape index (κ1) is 22.4. The summed E-state index contributed by atoms with van der Waals surface area (Å²) in [5, 5.41) is 11.5. The molecule has 3 aromatic rings. The van der Waals surface area contributed by atoms with Crippen LogP contribution in [-0.4, -0.2) is 15.3 Å². The van der Waals surface area contributed by atoms with E-state index < -0.39 is 11.0 Å². The maximum atomic E-state index is 13.6. The lowest BCUT2D eigenvalue weighted by atomic mass is 9.73. The molecular formula is C25H20ClN3O4S. The van der Waals surface area contributed by atoms with Crippen LogP contribution in [-0.2, 0) is 4.79 Å². The van der Waals surface area contributed by atoms with Gasteiger partial charge in [-0.05, 0) is 53.3 Å². The molecule has 1 aliphatic carbocycles. The van der Waals surface area contributed by atoms with Crippen LogP contribution in [0.4, 0.5) is 5.69 Å². The van der Waals surface area contributed by atoms with Crippen molar-refractivity contribution in [2.45, 2.75) is 32.7 Å². The SMILES string of the molecule is CC1(C)CC(=O)C2=C(C1)N=c1sc(=Cc3ccc([N+](=O)[O-])cc3)c(=O)n1C2c1ccc(Cl)cc1. The van der Waals surface area contributed by atoms with Crippen LogP contribution in [0.1, 0.15) is 43.9 Å². The first-order valence-electron chi connectivity index (χ1n) is 10.7. The standard InChI is InChI=1S/C25H20ClN3O4S/c1-25(2)12-18-21(19(30)13-25)22(15-5-7-16(26)8-6-15)28-23(31)20(34-24(28)27-18)11-14-3-9-17(10-4-14)29(32)33/h3-11,22H,12-13H2,1-2H3. The first-order valence-corrected chi connectivity index (χ1v) is 11.9. The number of ketones is 1. The van der Waals surface area contributed by atoms with Gasteiger partial charge in [-0.25, -0.2) is 4.99 Å². The molecule has 0 bridgehead atoms. The van der Waals surface area contributed by atoms with Crippen LogP contribution < -0.4 is 14.9 Å². The van der Waals surface area contributed by atoms with E-state index in [4.69, 9.17) is 16.6 Å². The average Bonchev–Trinajstić information content (AvgIpc) is 3.07. The van der Waals surface area contributed by atoms with Gasteiger partial charge in [0.1, 0.15) is 0 Å². The van der Waals surface area contributed by atoms with E-state index in [1.807, 2.05) is 26.0 Å². The summed E-state index contributed by atoms with van der Waals surface area (Å²) in [6, 6.07) is 12.6. The normalized spacial score (nSPS) is 19.4. The lowest BCUT2D eigenvalue weighted by Gasteiger charge is -2.35. The highest BCUT2D eigenvalue weighted by Gasteiger charge is 2.40. The molecule has 2 aromatic carbocycles. The van der Waals surface area contributed by atoms with Gasteiger partial charge < -0.3 is 0 Å². The van der Waals surface area contributed by atoms with E-state index >= 15 is 0 Å². The second kappa shape index (κ2) is 8.14. The number of carbonyl (C=O) groups excluding carboxylic acids is 1. The summed E-state index contributed by atoms with van der Waals surface area (Å²) in [4.78, 5) is 42.6. The fourth-order valence-corrected chi connectivity index (χ4v) is 5.70. The highest BCUT2D eigenvalue weighted by molar-refractivity contribution is 7.07. The number of benzene rings is 2. The van der Waals surface area contributed by atoms with E-state index in [0.717, 1.165) is 11.3 Å². The number of hydrogen-bond donors (Lipinski definition) is 0. The molecule has 1 atom stereocenters. The van der Waals surface area contributed by atoms with E-state index in [-0.39, 0.29) is 22.4 Å². The van der Waals surface area contributed by atoms with Crippen molar-refractivity contribution in [2.75, 3.05) is 0 Å². The third-order valence-electron chi connectivity index (χ3n) is 6.08. The van der Waals surface area contributed by atoms with Gasteiger partial charge in [0.15, 0.2) is 10.6 Å². The number of aromatic nitrogens is 1. The van der Waals surface area contributed by atoms with Gasteiger partial charge in [-0.2, -0.15) is 0 Å². The fraction of sp³-hybridized carbons (Fsp3) is 0.240. The fourth-order valence-electron chi connectivity index (χ4n) is 4.55. The smallest absolute Gasteiger partial charge is 0.271 e. The molecule has 0 spiro atoms. The molecule has 1 aromatic heterocycles. The molecule has 9 heteroatoms. The molecule has 0 N–H and O–H groups in total. The zero-order chi connectivity index (χ0) is 24.2. The van der Waals surface area contributed by atoms with Crippen molar-refractivity contribution >= 4 is 40.5 Å². The van der Waals surface area contributed by atoms with Crippen molar-refractivity contribution in [1.29, 1.82) is 0 Å². The number of halogens is 1. The van der Waals surface area contributed by atoms with Crippen molar-refractivity contribution in [1.82, 2.24) is 4.57 Å². The molecule has 7 nitrogen and oxygen atoms in total. The third kappa shape index (κ3) is 3.93. The highest BCUT2D eigenvalue weighted by Crippen LogP contribution is 2.43. The highest BCUT2D eigenvalue weighted by atomic mass is 35.5. The Kier molecular flexibility index (Phi) is 5.37. The molecule has 1 aliphatic heterocycles. The van der Waals surface area contributed by atoms with Crippen LogP contribution >= 0.6 is 22.9 Å². The average molecular weight is 494 g/mol. The Bertz CT molecular complexity index is 1550. The van der Waals surface area contributed by atoms with Crippen molar-refractivity contribution in [3.8, 4) is 0 Å². The zero-order valence-corrected chi connectivity index (χ0v) is 20.0. The quantitative estimate of drug-likeness (QED) is 0.404. The maximum Gasteiger partial charge on any atom is 0.271 e. The van der Waals surface area contributed by atoms with Gasteiger partial charge in [0.2, 0.25) is 0 Å². The number of hydrogen-bond acceptors (Lipinski definition) is 6. The van der Waals surface area contributed by atoms with E-state index in [0.29, 0.717) is 38.3 Å². The molecule has 1 unspecified atom stereocenters. The second-order valence-corrected chi connectivity index (χ2v) is 10.7. The van der Waals surface area contributed by atoms with Crippen molar-refractivity contribution in [2.24, 2.45) is 10.4 Å². The molecule has 0 saturated carbocycles. The number of allylic oxidation sites excluding steroid dienone is 2. The van der Waals surface area contributed by atoms with Gasteiger partial charge in [-0.15, -0.1) is 0 Å². The lowest BCUT2D eigenvalue weighted by molar-refractivity contribution is -0.384. The zero-order valence-electron chi connectivity index (χ0n) is 18.4. The third-order valence-corrected chi connectivity index (χ3v) is 7.32. The number of rotatable bonds is 3. The van der Waals surface area contributed by atoms with Crippen LogP contribution in [0.25, 0.3) is 6.08 Å². The first-order chi connectivity index (χ1) is 16.1. The molecular weight excluding hydrogens is 474 g/mol. The number of nitro benzene ring substituents is 1. The van der Waals surface area contributed by atoms with E-state index in [2.05, 4.69) is 0 Å². The molecule has 0 radical (unpaired) electrons.